The second-order valence-corrected chi connectivity index (χ2v) is 5.42. The molecule has 1 rings (SSSR count). The van der Waals surface area contributed by atoms with Gasteiger partial charge in [0.25, 0.3) is 0 Å². The van der Waals surface area contributed by atoms with Crippen LogP contribution in [0.2, 0.25) is 0 Å². The van der Waals surface area contributed by atoms with Crippen LogP contribution in [-0.4, -0.2) is 24.2 Å². The predicted molar refractivity (Wildman–Crippen MR) is 65.1 cm³/mol. The number of carbonyl (C=O) groups is 1. The number of rotatable bonds is 6. The molecule has 0 atom stereocenters. The van der Waals surface area contributed by atoms with Crippen molar-refractivity contribution in [1.82, 2.24) is 5.32 Å². The topological polar surface area (TPSA) is 49.3 Å². The Morgan fingerprint density at radius 1 is 1.38 bits per heavy atom. The van der Waals surface area contributed by atoms with Crippen molar-refractivity contribution >= 4 is 5.91 Å². The van der Waals surface area contributed by atoms with E-state index in [0.29, 0.717) is 18.9 Å². The van der Waals surface area contributed by atoms with Crippen LogP contribution in [0.1, 0.15) is 52.4 Å². The molecule has 0 saturated heterocycles. The minimum atomic E-state index is -0.108. The molecule has 0 heterocycles. The first-order chi connectivity index (χ1) is 7.60. The maximum absolute atomic E-state index is 12.2. The standard InChI is InChI=1S/C13H25NO2/c1-11(2)10-13(6-3-4-7-13)12(16)14-8-5-9-15/h11,15H,3-10H2,1-2H3,(H,14,16). The summed E-state index contributed by atoms with van der Waals surface area (Å²) in [7, 11) is 0. The molecule has 0 aromatic rings. The Kier molecular flexibility index (Phi) is 5.26. The molecule has 0 bridgehead atoms. The van der Waals surface area contributed by atoms with Gasteiger partial charge < -0.3 is 10.4 Å². The molecule has 2 N–H and O–H groups in total. The lowest BCUT2D eigenvalue weighted by molar-refractivity contribution is -0.131. The summed E-state index contributed by atoms with van der Waals surface area (Å²) in [5.74, 6) is 0.786. The molecule has 16 heavy (non-hydrogen) atoms. The van der Waals surface area contributed by atoms with E-state index in [9.17, 15) is 4.79 Å². The van der Waals surface area contributed by atoms with Gasteiger partial charge in [-0.05, 0) is 31.6 Å². The molecule has 0 aromatic heterocycles. The van der Waals surface area contributed by atoms with Gasteiger partial charge in [0.15, 0.2) is 0 Å². The third kappa shape index (κ3) is 3.48. The number of amides is 1. The van der Waals surface area contributed by atoms with Gasteiger partial charge in [-0.15, -0.1) is 0 Å². The van der Waals surface area contributed by atoms with E-state index < -0.39 is 0 Å². The molecule has 0 aliphatic heterocycles. The molecule has 1 fully saturated rings. The fraction of sp³-hybridized carbons (Fsp3) is 0.923. The SMILES string of the molecule is CC(C)CC1(C(=O)NCCCO)CCCC1. The van der Waals surface area contributed by atoms with Crippen LogP contribution in [0, 0.1) is 11.3 Å². The molecule has 0 aromatic carbocycles. The van der Waals surface area contributed by atoms with Crippen molar-refractivity contribution in [3.63, 3.8) is 0 Å². The molecule has 0 spiro atoms. The highest BCUT2D eigenvalue weighted by Crippen LogP contribution is 2.43. The Balaban J connectivity index is 2.51. The van der Waals surface area contributed by atoms with Crippen LogP contribution in [0.5, 0.6) is 0 Å². The quantitative estimate of drug-likeness (QED) is 0.683. The third-order valence-corrected chi connectivity index (χ3v) is 3.46. The molecule has 1 aliphatic carbocycles. The average Bonchev–Trinajstić information content (AvgIpc) is 2.67. The number of hydrogen-bond acceptors (Lipinski definition) is 2. The zero-order valence-electron chi connectivity index (χ0n) is 10.6. The molecular formula is C13H25NO2. The van der Waals surface area contributed by atoms with Gasteiger partial charge in [0.1, 0.15) is 0 Å². The summed E-state index contributed by atoms with van der Waals surface area (Å²) in [5, 5.41) is 11.7. The monoisotopic (exact) mass is 227 g/mol. The van der Waals surface area contributed by atoms with Gasteiger partial charge >= 0.3 is 0 Å². The summed E-state index contributed by atoms with van der Waals surface area (Å²) in [6.45, 7) is 5.12. The van der Waals surface area contributed by atoms with Gasteiger partial charge in [0, 0.05) is 18.6 Å². The molecule has 1 saturated carbocycles. The lowest BCUT2D eigenvalue weighted by Gasteiger charge is -2.29. The number of carbonyl (C=O) groups excluding carboxylic acids is 1. The minimum Gasteiger partial charge on any atom is -0.396 e. The molecule has 0 radical (unpaired) electrons. The fourth-order valence-corrected chi connectivity index (χ4v) is 2.83. The second-order valence-electron chi connectivity index (χ2n) is 5.42. The van der Waals surface area contributed by atoms with Crippen molar-refractivity contribution in [1.29, 1.82) is 0 Å². The Morgan fingerprint density at radius 2 is 2.00 bits per heavy atom. The van der Waals surface area contributed by atoms with Crippen LogP contribution >= 0.6 is 0 Å². The van der Waals surface area contributed by atoms with E-state index in [-0.39, 0.29) is 17.9 Å². The fourth-order valence-electron chi connectivity index (χ4n) is 2.83. The Morgan fingerprint density at radius 3 is 2.50 bits per heavy atom. The first-order valence-electron chi connectivity index (χ1n) is 6.50. The molecule has 0 unspecified atom stereocenters. The number of aliphatic hydroxyl groups excluding tert-OH is 1. The van der Waals surface area contributed by atoms with Gasteiger partial charge in [0.05, 0.1) is 0 Å². The van der Waals surface area contributed by atoms with Crippen LogP contribution in [0.4, 0.5) is 0 Å². The molecule has 94 valence electrons. The first kappa shape index (κ1) is 13.5. The maximum atomic E-state index is 12.2. The highest BCUT2D eigenvalue weighted by atomic mass is 16.3. The van der Waals surface area contributed by atoms with Crippen molar-refractivity contribution in [2.75, 3.05) is 13.2 Å². The number of aliphatic hydroxyl groups is 1. The summed E-state index contributed by atoms with van der Waals surface area (Å²) >= 11 is 0. The minimum absolute atomic E-state index is 0.108. The lowest BCUT2D eigenvalue weighted by Crippen LogP contribution is -2.40. The predicted octanol–water partition coefficient (Wildman–Crippen LogP) is 2.09. The Bertz CT molecular complexity index is 220. The summed E-state index contributed by atoms with van der Waals surface area (Å²) in [6, 6.07) is 0. The van der Waals surface area contributed by atoms with Gasteiger partial charge in [0.2, 0.25) is 5.91 Å². The smallest absolute Gasteiger partial charge is 0.226 e. The van der Waals surface area contributed by atoms with Gasteiger partial charge in [-0.1, -0.05) is 26.7 Å². The second kappa shape index (κ2) is 6.24. The van der Waals surface area contributed by atoms with Crippen LogP contribution < -0.4 is 5.32 Å². The maximum Gasteiger partial charge on any atom is 0.226 e. The van der Waals surface area contributed by atoms with Crippen LogP contribution in [0.15, 0.2) is 0 Å². The highest BCUT2D eigenvalue weighted by molar-refractivity contribution is 5.82. The van der Waals surface area contributed by atoms with Crippen LogP contribution in [0.25, 0.3) is 0 Å². The van der Waals surface area contributed by atoms with Crippen molar-refractivity contribution in [2.24, 2.45) is 11.3 Å². The molecular weight excluding hydrogens is 202 g/mol. The van der Waals surface area contributed by atoms with E-state index in [1.54, 1.807) is 0 Å². The molecule has 1 aliphatic rings. The van der Waals surface area contributed by atoms with E-state index in [4.69, 9.17) is 5.11 Å². The van der Waals surface area contributed by atoms with Crippen molar-refractivity contribution in [3.05, 3.63) is 0 Å². The average molecular weight is 227 g/mol. The first-order valence-corrected chi connectivity index (χ1v) is 6.50. The Labute approximate surface area is 98.6 Å². The highest BCUT2D eigenvalue weighted by Gasteiger charge is 2.40. The zero-order valence-corrected chi connectivity index (χ0v) is 10.6. The normalized spacial score (nSPS) is 19.0. The van der Waals surface area contributed by atoms with E-state index in [1.807, 2.05) is 0 Å². The van der Waals surface area contributed by atoms with Crippen LogP contribution in [-0.2, 0) is 4.79 Å². The summed E-state index contributed by atoms with van der Waals surface area (Å²) < 4.78 is 0. The molecule has 3 nitrogen and oxygen atoms in total. The summed E-state index contributed by atoms with van der Waals surface area (Å²) in [4.78, 5) is 12.2. The van der Waals surface area contributed by atoms with Gasteiger partial charge in [-0.2, -0.15) is 0 Å². The summed E-state index contributed by atoms with van der Waals surface area (Å²) in [5.41, 5.74) is -0.108. The van der Waals surface area contributed by atoms with E-state index in [2.05, 4.69) is 19.2 Å². The zero-order chi connectivity index (χ0) is 12.0. The number of hydrogen-bond donors (Lipinski definition) is 2. The summed E-state index contributed by atoms with van der Waals surface area (Å²) in [6.07, 6.45) is 6.09. The molecule has 3 heteroatoms. The van der Waals surface area contributed by atoms with Crippen molar-refractivity contribution in [2.45, 2.75) is 52.4 Å². The van der Waals surface area contributed by atoms with Gasteiger partial charge in [-0.3, -0.25) is 4.79 Å². The van der Waals surface area contributed by atoms with Gasteiger partial charge in [-0.25, -0.2) is 0 Å². The number of nitrogens with one attached hydrogen (secondary N) is 1. The van der Waals surface area contributed by atoms with Crippen molar-refractivity contribution < 1.29 is 9.90 Å². The van der Waals surface area contributed by atoms with E-state index >= 15 is 0 Å². The Hall–Kier alpha value is -0.570. The van der Waals surface area contributed by atoms with E-state index in [1.165, 1.54) is 12.8 Å². The van der Waals surface area contributed by atoms with E-state index in [0.717, 1.165) is 19.3 Å². The van der Waals surface area contributed by atoms with Crippen LogP contribution in [0.3, 0.4) is 0 Å². The lowest BCUT2D eigenvalue weighted by atomic mass is 9.77. The third-order valence-electron chi connectivity index (χ3n) is 3.46. The van der Waals surface area contributed by atoms with Crippen molar-refractivity contribution in [3.8, 4) is 0 Å². The largest absolute Gasteiger partial charge is 0.396 e. The molecule has 1 amide bonds.